The highest BCUT2D eigenvalue weighted by atomic mass is 15.1. The van der Waals surface area contributed by atoms with E-state index in [9.17, 15) is 0 Å². The van der Waals surface area contributed by atoms with Gasteiger partial charge < -0.3 is 19.6 Å². The Balaban J connectivity index is 1.71. The molecule has 0 N–H and O–H groups in total. The van der Waals surface area contributed by atoms with Gasteiger partial charge >= 0.3 is 0 Å². The minimum Gasteiger partial charge on any atom is -0.376 e. The Morgan fingerprint density at radius 2 is 0.520 bits per heavy atom. The van der Waals surface area contributed by atoms with E-state index in [4.69, 9.17) is 9.97 Å². The fourth-order valence-corrected chi connectivity index (χ4v) is 5.27. The Bertz CT molecular complexity index is 1750. The second-order valence-corrected chi connectivity index (χ2v) is 12.3. The summed E-state index contributed by atoms with van der Waals surface area (Å²) in [5.41, 5.74) is 9.99. The lowest BCUT2D eigenvalue weighted by Gasteiger charge is -2.15. The van der Waals surface area contributed by atoms with Gasteiger partial charge in [0.05, 0.1) is 68.3 Å². The minimum atomic E-state index is 0.677. The number of rotatable bonds is 12. The molecule has 5 aromatic heterocycles. The molecule has 5 aromatic rings. The Kier molecular flexibility index (Phi) is 11.5. The summed E-state index contributed by atoms with van der Waals surface area (Å²) in [6, 6.07) is 15.9. The molecule has 5 rings (SSSR count). The lowest BCUT2D eigenvalue weighted by Crippen LogP contribution is -2.11. The van der Waals surface area contributed by atoms with Crippen LogP contribution in [0.1, 0.15) is 45.6 Å². The summed E-state index contributed by atoms with van der Waals surface area (Å²) < 4.78 is 0. The number of hydrogen-bond donors (Lipinski definition) is 0. The molecule has 0 radical (unpaired) electrons. The third-order valence-electron chi connectivity index (χ3n) is 7.80. The lowest BCUT2D eigenvalue weighted by molar-refractivity contribution is 1.10. The first kappa shape index (κ1) is 35.2. The van der Waals surface area contributed by atoms with Gasteiger partial charge in [0.15, 0.2) is 0 Å². The predicted molar refractivity (Wildman–Crippen MR) is 212 cm³/mol. The van der Waals surface area contributed by atoms with Gasteiger partial charge in [0.2, 0.25) is 0 Å². The van der Waals surface area contributed by atoms with Crippen molar-refractivity contribution < 1.29 is 0 Å². The summed E-state index contributed by atoms with van der Waals surface area (Å²) >= 11 is 0. The normalized spacial score (nSPS) is 11.7. The Morgan fingerprint density at radius 1 is 0.320 bits per heavy atom. The zero-order chi connectivity index (χ0) is 35.6. The highest BCUT2D eigenvalue weighted by Crippen LogP contribution is 2.25. The van der Waals surface area contributed by atoms with Crippen molar-refractivity contribution in [3.63, 3.8) is 0 Å². The van der Waals surface area contributed by atoms with Gasteiger partial charge in [-0.25, -0.2) is 9.97 Å². The van der Waals surface area contributed by atoms with E-state index >= 15 is 0 Å². The van der Waals surface area contributed by atoms with E-state index in [1.165, 1.54) is 0 Å². The zero-order valence-corrected chi connectivity index (χ0v) is 30.0. The molecule has 0 aliphatic heterocycles. The van der Waals surface area contributed by atoms with Crippen LogP contribution in [0.4, 0.5) is 22.7 Å². The average molecular weight is 665 g/mol. The van der Waals surface area contributed by atoms with Gasteiger partial charge in [0, 0.05) is 81.2 Å². The first-order valence-corrected chi connectivity index (χ1v) is 16.3. The van der Waals surface area contributed by atoms with E-state index in [0.29, 0.717) is 22.8 Å². The molecule has 0 unspecified atom stereocenters. The average Bonchev–Trinajstić information content (AvgIpc) is 3.12. The molecule has 0 amide bonds. The third-order valence-corrected chi connectivity index (χ3v) is 7.80. The van der Waals surface area contributed by atoms with Gasteiger partial charge in [-0.2, -0.15) is 0 Å². The van der Waals surface area contributed by atoms with E-state index in [1.54, 1.807) is 24.8 Å². The van der Waals surface area contributed by atoms with Crippen molar-refractivity contribution in [2.24, 2.45) is 0 Å². The molecule has 5 heterocycles. The Labute approximate surface area is 295 Å². The van der Waals surface area contributed by atoms with E-state index < -0.39 is 0 Å². The van der Waals surface area contributed by atoms with Crippen molar-refractivity contribution in [2.45, 2.75) is 0 Å². The van der Waals surface area contributed by atoms with Crippen molar-refractivity contribution in [1.29, 1.82) is 0 Å². The zero-order valence-electron chi connectivity index (χ0n) is 30.0. The molecule has 0 spiro atoms. The summed E-state index contributed by atoms with van der Waals surface area (Å²) in [5, 5.41) is 0. The second kappa shape index (κ2) is 16.3. The third kappa shape index (κ3) is 8.65. The van der Waals surface area contributed by atoms with Crippen LogP contribution in [0.2, 0.25) is 0 Å². The Hall–Kier alpha value is -6.16. The molecule has 0 saturated carbocycles. The van der Waals surface area contributed by atoms with Crippen LogP contribution in [0.5, 0.6) is 0 Å². The second-order valence-electron chi connectivity index (χ2n) is 12.3. The molecule has 50 heavy (non-hydrogen) atoms. The van der Waals surface area contributed by atoms with Crippen LogP contribution < -0.4 is 19.6 Å². The van der Waals surface area contributed by atoms with Crippen LogP contribution in [0, 0.1) is 0 Å². The highest BCUT2D eigenvalue weighted by molar-refractivity contribution is 5.84. The molecular formula is C40H44N10. The van der Waals surface area contributed by atoms with Crippen molar-refractivity contribution in [3.05, 3.63) is 119 Å². The quantitative estimate of drug-likeness (QED) is 0.139. The van der Waals surface area contributed by atoms with E-state index in [0.717, 1.165) is 45.5 Å². The molecule has 10 heteroatoms. The van der Waals surface area contributed by atoms with E-state index in [2.05, 4.69) is 19.9 Å². The maximum atomic E-state index is 5.21. The summed E-state index contributed by atoms with van der Waals surface area (Å²) in [5.74, 6) is 0. The SMILES string of the molecule is CN(C)c1cccnc1/C=C/c1nc(/C=C/c2ncccc2N(C)C)c(/C=C/c2ncccc2N(C)C)nc1/C=C/c1ncccc1N(C)C. The standard InChI is InChI=1S/C40H44N10/c1-47(2)37-13-9-25-41-33(37)21-17-29-30(18-22-34-38(48(3)4)14-10-26-42-34)46-32(20-24-36-40(50(7)8)16-12-28-44-36)31(45-29)19-23-35-39(49(5)6)15-11-27-43-35/h9-28H,1-8H3/b21-17+,22-18+,23-19+,24-20+. The summed E-state index contributed by atoms with van der Waals surface area (Å²) in [6.45, 7) is 0. The largest absolute Gasteiger partial charge is 0.376 e. The minimum absolute atomic E-state index is 0.677. The smallest absolute Gasteiger partial charge is 0.0895 e. The first-order chi connectivity index (χ1) is 24.1. The number of aromatic nitrogens is 6. The maximum absolute atomic E-state index is 5.21. The molecule has 0 bridgehead atoms. The van der Waals surface area contributed by atoms with Crippen LogP contribution >= 0.6 is 0 Å². The van der Waals surface area contributed by atoms with Crippen molar-refractivity contribution in [2.75, 3.05) is 76.0 Å². The van der Waals surface area contributed by atoms with Crippen LogP contribution in [0.3, 0.4) is 0 Å². The first-order valence-electron chi connectivity index (χ1n) is 16.3. The van der Waals surface area contributed by atoms with Crippen molar-refractivity contribution in [1.82, 2.24) is 29.9 Å². The van der Waals surface area contributed by atoms with Gasteiger partial charge in [-0.15, -0.1) is 0 Å². The molecule has 0 atom stereocenters. The molecule has 254 valence electrons. The lowest BCUT2D eigenvalue weighted by atomic mass is 10.1. The molecule has 0 aliphatic rings. The molecule has 0 fully saturated rings. The predicted octanol–water partition coefficient (Wildman–Crippen LogP) is 7.00. The van der Waals surface area contributed by atoms with Gasteiger partial charge in [-0.3, -0.25) is 19.9 Å². The monoisotopic (exact) mass is 664 g/mol. The van der Waals surface area contributed by atoms with Crippen molar-refractivity contribution >= 4 is 71.4 Å². The van der Waals surface area contributed by atoms with Crippen LogP contribution in [-0.2, 0) is 0 Å². The Morgan fingerprint density at radius 3 is 0.720 bits per heavy atom. The number of nitrogens with zero attached hydrogens (tertiary/aromatic N) is 10. The van der Waals surface area contributed by atoms with Gasteiger partial charge in [-0.1, -0.05) is 0 Å². The fourth-order valence-electron chi connectivity index (χ4n) is 5.27. The van der Waals surface area contributed by atoms with E-state index in [-0.39, 0.29) is 0 Å². The van der Waals surface area contributed by atoms with Crippen molar-refractivity contribution in [3.8, 4) is 0 Å². The molecule has 10 nitrogen and oxygen atoms in total. The van der Waals surface area contributed by atoms with Crippen LogP contribution in [-0.4, -0.2) is 86.3 Å². The topological polar surface area (TPSA) is 90.3 Å². The van der Waals surface area contributed by atoms with Gasteiger partial charge in [-0.05, 0) is 97.1 Å². The fraction of sp³-hybridized carbons (Fsp3) is 0.200. The number of pyridine rings is 4. The van der Waals surface area contributed by atoms with Gasteiger partial charge in [0.1, 0.15) is 0 Å². The molecular weight excluding hydrogens is 621 g/mol. The highest BCUT2D eigenvalue weighted by Gasteiger charge is 2.12. The molecule has 0 aliphatic carbocycles. The summed E-state index contributed by atoms with van der Waals surface area (Å²) in [7, 11) is 16.0. The van der Waals surface area contributed by atoms with Crippen LogP contribution in [0.25, 0.3) is 48.6 Å². The molecule has 0 aromatic carbocycles. The summed E-state index contributed by atoms with van der Waals surface area (Å²) in [6.07, 6.45) is 22.9. The van der Waals surface area contributed by atoms with Gasteiger partial charge in [0.25, 0.3) is 0 Å². The van der Waals surface area contributed by atoms with Crippen LogP contribution in [0.15, 0.2) is 73.3 Å². The summed E-state index contributed by atoms with van der Waals surface area (Å²) in [4.78, 5) is 37.1. The van der Waals surface area contributed by atoms with E-state index in [1.807, 2.05) is 173 Å². The number of hydrogen-bond acceptors (Lipinski definition) is 10. The maximum Gasteiger partial charge on any atom is 0.0895 e. The number of anilines is 4. The molecule has 0 saturated heterocycles.